The highest BCUT2D eigenvalue weighted by molar-refractivity contribution is 5.79. The topological polar surface area (TPSA) is 41.6 Å². The molecule has 3 rings (SSSR count). The third kappa shape index (κ3) is 4.64. The first-order valence-corrected chi connectivity index (χ1v) is 9.43. The van der Waals surface area contributed by atoms with Crippen LogP contribution in [0, 0.1) is 5.92 Å². The molecule has 0 unspecified atom stereocenters. The van der Waals surface area contributed by atoms with Crippen molar-refractivity contribution >= 4 is 17.2 Å². The lowest BCUT2D eigenvalue weighted by Gasteiger charge is -2.35. The Labute approximate surface area is 157 Å². The van der Waals surface area contributed by atoms with Gasteiger partial charge in [-0.25, -0.2) is 0 Å². The molecular formula is C20H25F3N2O2. The smallest absolute Gasteiger partial charge is 0.416 e. The predicted molar refractivity (Wildman–Crippen MR) is 98.5 cm³/mol. The van der Waals surface area contributed by atoms with Crippen LogP contribution in [0.2, 0.25) is 0 Å². The third-order valence-electron chi connectivity index (χ3n) is 5.19. The predicted octanol–water partition coefficient (Wildman–Crippen LogP) is 3.86. The lowest BCUT2D eigenvalue weighted by Crippen LogP contribution is -2.37. The molecule has 1 aromatic rings. The quantitative estimate of drug-likeness (QED) is 0.803. The highest BCUT2D eigenvalue weighted by Gasteiger charge is 2.33. The summed E-state index contributed by atoms with van der Waals surface area (Å²) in [5, 5.41) is 3.23. The summed E-state index contributed by atoms with van der Waals surface area (Å²) >= 11 is 0. The van der Waals surface area contributed by atoms with Crippen molar-refractivity contribution in [2.24, 2.45) is 5.92 Å². The molecule has 1 aromatic carbocycles. The molecule has 0 spiro atoms. The van der Waals surface area contributed by atoms with Gasteiger partial charge in [-0.15, -0.1) is 0 Å². The lowest BCUT2D eigenvalue weighted by molar-refractivity contribution is -0.148. The maximum atomic E-state index is 13.3. The highest BCUT2D eigenvalue weighted by atomic mass is 19.4. The van der Waals surface area contributed by atoms with Gasteiger partial charge in [0.25, 0.3) is 0 Å². The molecule has 2 aliphatic heterocycles. The number of halogens is 3. The summed E-state index contributed by atoms with van der Waals surface area (Å²) < 4.78 is 44.9. The summed E-state index contributed by atoms with van der Waals surface area (Å²) in [7, 11) is 0. The van der Waals surface area contributed by atoms with Crippen LogP contribution in [0.3, 0.4) is 0 Å². The number of anilines is 1. The van der Waals surface area contributed by atoms with E-state index in [9.17, 15) is 18.0 Å². The van der Waals surface area contributed by atoms with Crippen LogP contribution in [0.15, 0.2) is 24.3 Å². The molecule has 0 saturated carbocycles. The fraction of sp³-hybridized carbons (Fsp3) is 0.550. The minimum atomic E-state index is -4.38. The van der Waals surface area contributed by atoms with Crippen LogP contribution in [0.1, 0.15) is 37.3 Å². The zero-order valence-electron chi connectivity index (χ0n) is 15.4. The van der Waals surface area contributed by atoms with Crippen molar-refractivity contribution in [1.29, 1.82) is 0 Å². The van der Waals surface area contributed by atoms with Crippen molar-refractivity contribution in [2.45, 2.75) is 32.4 Å². The minimum Gasteiger partial charge on any atom is -0.466 e. The first kappa shape index (κ1) is 19.7. The van der Waals surface area contributed by atoms with Crippen molar-refractivity contribution in [3.63, 3.8) is 0 Å². The molecule has 7 heteroatoms. The van der Waals surface area contributed by atoms with Gasteiger partial charge in [-0.2, -0.15) is 13.2 Å². The van der Waals surface area contributed by atoms with E-state index in [0.717, 1.165) is 36.7 Å². The van der Waals surface area contributed by atoms with E-state index in [0.29, 0.717) is 38.2 Å². The summed E-state index contributed by atoms with van der Waals surface area (Å²) in [4.78, 5) is 13.9. The van der Waals surface area contributed by atoms with E-state index < -0.39 is 11.7 Å². The Morgan fingerprint density at radius 3 is 2.63 bits per heavy atom. The molecule has 27 heavy (non-hydrogen) atoms. The maximum Gasteiger partial charge on any atom is 0.416 e. The van der Waals surface area contributed by atoms with Crippen LogP contribution >= 0.6 is 0 Å². The largest absolute Gasteiger partial charge is 0.466 e. The highest BCUT2D eigenvalue weighted by Crippen LogP contribution is 2.38. The summed E-state index contributed by atoms with van der Waals surface area (Å²) in [5.41, 5.74) is 1.91. The van der Waals surface area contributed by atoms with Gasteiger partial charge in [0.1, 0.15) is 0 Å². The first-order valence-electron chi connectivity index (χ1n) is 9.43. The number of esters is 1. The number of piperidine rings is 1. The summed E-state index contributed by atoms with van der Waals surface area (Å²) in [6.07, 6.45) is -0.359. The summed E-state index contributed by atoms with van der Waals surface area (Å²) in [6, 6.07) is 4.00. The Morgan fingerprint density at radius 1 is 1.30 bits per heavy atom. The SMILES string of the molecule is CCOC(=O)C1CCN(c2cc(C(F)(F)F)ccc2C2=CCNCC2)CC1. The average molecular weight is 382 g/mol. The van der Waals surface area contributed by atoms with E-state index >= 15 is 0 Å². The van der Waals surface area contributed by atoms with Crippen LogP contribution in [0.4, 0.5) is 18.9 Å². The first-order chi connectivity index (χ1) is 12.9. The van der Waals surface area contributed by atoms with Crippen molar-refractivity contribution < 1.29 is 22.7 Å². The van der Waals surface area contributed by atoms with Crippen LogP contribution in [-0.2, 0) is 15.7 Å². The summed E-state index contributed by atoms with van der Waals surface area (Å²) in [6.45, 7) is 4.75. The fourth-order valence-electron chi connectivity index (χ4n) is 3.72. The Kier molecular flexibility index (Phi) is 6.09. The van der Waals surface area contributed by atoms with Crippen molar-refractivity contribution in [1.82, 2.24) is 5.32 Å². The number of benzene rings is 1. The van der Waals surface area contributed by atoms with Crippen LogP contribution < -0.4 is 10.2 Å². The van der Waals surface area contributed by atoms with E-state index in [1.54, 1.807) is 13.0 Å². The number of carbonyl (C=O) groups excluding carboxylic acids is 1. The average Bonchev–Trinajstić information content (AvgIpc) is 2.68. The van der Waals surface area contributed by atoms with Gasteiger partial charge in [0.2, 0.25) is 0 Å². The fourth-order valence-corrected chi connectivity index (χ4v) is 3.72. The molecule has 148 valence electrons. The number of alkyl halides is 3. The molecule has 4 nitrogen and oxygen atoms in total. The molecule has 0 aliphatic carbocycles. The summed E-state index contributed by atoms with van der Waals surface area (Å²) in [5.74, 6) is -0.379. The van der Waals surface area contributed by atoms with Gasteiger partial charge in [0, 0.05) is 30.9 Å². The van der Waals surface area contributed by atoms with Crippen LogP contribution in [0.25, 0.3) is 5.57 Å². The molecule has 1 N–H and O–H groups in total. The van der Waals surface area contributed by atoms with Gasteiger partial charge in [-0.3, -0.25) is 4.79 Å². The van der Waals surface area contributed by atoms with E-state index in [2.05, 4.69) is 5.32 Å². The minimum absolute atomic E-state index is 0.173. The second-order valence-corrected chi connectivity index (χ2v) is 6.93. The Bertz CT molecular complexity index is 708. The number of carbonyl (C=O) groups is 1. The number of hydrogen-bond donors (Lipinski definition) is 1. The Morgan fingerprint density at radius 2 is 2.04 bits per heavy atom. The Balaban J connectivity index is 1.86. The zero-order valence-corrected chi connectivity index (χ0v) is 15.4. The molecule has 0 amide bonds. The molecule has 1 fully saturated rings. The third-order valence-corrected chi connectivity index (χ3v) is 5.19. The maximum absolute atomic E-state index is 13.3. The van der Waals surface area contributed by atoms with Gasteiger partial charge < -0.3 is 15.0 Å². The monoisotopic (exact) mass is 382 g/mol. The number of nitrogens with zero attached hydrogens (tertiary/aromatic N) is 1. The second-order valence-electron chi connectivity index (χ2n) is 6.93. The van der Waals surface area contributed by atoms with Gasteiger partial charge >= 0.3 is 12.1 Å². The molecular weight excluding hydrogens is 357 g/mol. The van der Waals surface area contributed by atoms with E-state index in [4.69, 9.17) is 4.74 Å². The van der Waals surface area contributed by atoms with Gasteiger partial charge in [0.15, 0.2) is 0 Å². The molecule has 0 radical (unpaired) electrons. The molecule has 2 aliphatic rings. The van der Waals surface area contributed by atoms with Crippen molar-refractivity contribution in [3.05, 3.63) is 35.4 Å². The van der Waals surface area contributed by atoms with Gasteiger partial charge in [0.05, 0.1) is 18.1 Å². The molecule has 0 bridgehead atoms. The van der Waals surface area contributed by atoms with Crippen LogP contribution in [0.5, 0.6) is 0 Å². The number of hydrogen-bond acceptors (Lipinski definition) is 4. The molecule has 0 atom stereocenters. The van der Waals surface area contributed by atoms with Crippen molar-refractivity contribution in [2.75, 3.05) is 37.7 Å². The van der Waals surface area contributed by atoms with Crippen LogP contribution in [-0.4, -0.2) is 38.8 Å². The molecule has 2 heterocycles. The number of nitrogens with one attached hydrogen (secondary N) is 1. The van der Waals surface area contributed by atoms with Gasteiger partial charge in [-0.1, -0.05) is 12.1 Å². The molecule has 0 aromatic heterocycles. The second kappa shape index (κ2) is 8.33. The van der Waals surface area contributed by atoms with E-state index in [1.807, 2.05) is 11.0 Å². The zero-order chi connectivity index (χ0) is 19.4. The molecule has 1 saturated heterocycles. The standard InChI is InChI=1S/C20H25F3N2O2/c1-2-27-19(26)15-7-11-25(12-8-15)18-13-16(20(21,22)23)3-4-17(18)14-5-9-24-10-6-14/h3-5,13,15,24H,2,6-12H2,1H3. The van der Waals surface area contributed by atoms with E-state index in [-0.39, 0.29) is 11.9 Å². The number of rotatable bonds is 4. The Hall–Kier alpha value is -2.02. The van der Waals surface area contributed by atoms with Gasteiger partial charge in [-0.05, 0) is 50.4 Å². The van der Waals surface area contributed by atoms with Crippen molar-refractivity contribution in [3.8, 4) is 0 Å². The normalized spacial score (nSPS) is 19.0. The number of ether oxygens (including phenoxy) is 1. The van der Waals surface area contributed by atoms with E-state index in [1.165, 1.54) is 6.07 Å². The lowest BCUT2D eigenvalue weighted by atomic mass is 9.93.